The first kappa shape index (κ1) is 13.9. The second-order valence-corrected chi connectivity index (χ2v) is 5.62. The van der Waals surface area contributed by atoms with E-state index in [1.54, 1.807) is 0 Å². The molecule has 2 rings (SSSR count). The van der Waals surface area contributed by atoms with Crippen molar-refractivity contribution in [3.05, 3.63) is 29.6 Å². The quantitative estimate of drug-likeness (QED) is 0.895. The molecule has 1 heterocycles. The summed E-state index contributed by atoms with van der Waals surface area (Å²) in [6, 6.07) is 3.72. The first-order chi connectivity index (χ1) is 9.09. The van der Waals surface area contributed by atoms with Crippen LogP contribution in [0.1, 0.15) is 29.6 Å². The molecule has 4 nitrogen and oxygen atoms in total. The van der Waals surface area contributed by atoms with E-state index in [-0.39, 0.29) is 22.4 Å². The van der Waals surface area contributed by atoms with Crippen LogP contribution in [0.5, 0.6) is 0 Å². The molecule has 0 saturated carbocycles. The number of rotatable bonds is 3. The number of carbonyl (C=O) groups excluding carboxylic acids is 1. The number of aromatic carboxylic acids is 1. The molecular formula is C13H14FNO3S. The third-order valence-corrected chi connectivity index (χ3v) is 4.34. The fourth-order valence-corrected chi connectivity index (χ4v) is 3.18. The number of nitrogens with one attached hydrogen (secondary N) is 1. The maximum Gasteiger partial charge on any atom is 0.337 e. The van der Waals surface area contributed by atoms with Gasteiger partial charge in [0, 0.05) is 0 Å². The van der Waals surface area contributed by atoms with Gasteiger partial charge in [-0.25, -0.2) is 9.18 Å². The maximum atomic E-state index is 13.7. The summed E-state index contributed by atoms with van der Waals surface area (Å²) in [5, 5.41) is 11.2. The smallest absolute Gasteiger partial charge is 0.337 e. The van der Waals surface area contributed by atoms with Gasteiger partial charge in [0.05, 0.1) is 16.5 Å². The molecule has 0 aliphatic carbocycles. The number of anilines is 1. The zero-order chi connectivity index (χ0) is 13.8. The van der Waals surface area contributed by atoms with Crippen LogP contribution in [0, 0.1) is 5.82 Å². The monoisotopic (exact) mass is 283 g/mol. The van der Waals surface area contributed by atoms with E-state index in [0.29, 0.717) is 0 Å². The normalized spacial score (nSPS) is 18.9. The van der Waals surface area contributed by atoms with E-state index < -0.39 is 11.8 Å². The van der Waals surface area contributed by atoms with E-state index in [0.717, 1.165) is 31.1 Å². The average molecular weight is 283 g/mol. The van der Waals surface area contributed by atoms with E-state index in [2.05, 4.69) is 5.32 Å². The van der Waals surface area contributed by atoms with E-state index in [9.17, 15) is 14.0 Å². The number of carboxylic acid groups (broad SMARTS) is 1. The second kappa shape index (κ2) is 6.06. The maximum absolute atomic E-state index is 13.7. The molecule has 102 valence electrons. The Morgan fingerprint density at radius 1 is 1.37 bits per heavy atom. The van der Waals surface area contributed by atoms with Gasteiger partial charge in [-0.05, 0) is 30.7 Å². The van der Waals surface area contributed by atoms with Gasteiger partial charge in [-0.15, -0.1) is 11.8 Å². The van der Waals surface area contributed by atoms with Crippen molar-refractivity contribution in [3.63, 3.8) is 0 Å². The number of halogens is 1. The molecule has 0 spiro atoms. The molecule has 1 aliphatic rings. The van der Waals surface area contributed by atoms with E-state index in [4.69, 9.17) is 5.11 Å². The van der Waals surface area contributed by atoms with Crippen LogP contribution in [0.2, 0.25) is 0 Å². The van der Waals surface area contributed by atoms with Crippen molar-refractivity contribution < 1.29 is 19.1 Å². The van der Waals surface area contributed by atoms with Gasteiger partial charge in [-0.1, -0.05) is 12.5 Å². The Morgan fingerprint density at radius 2 is 2.16 bits per heavy atom. The summed E-state index contributed by atoms with van der Waals surface area (Å²) in [4.78, 5) is 23.0. The standard InChI is InChI=1S/C13H14FNO3S/c14-9-5-3-4-8(13(17)18)11(9)15-12(16)10-6-1-2-7-19-10/h3-5,10H,1-2,6-7H2,(H,15,16)(H,17,18). The molecular weight excluding hydrogens is 269 g/mol. The number of amides is 1. The van der Waals surface area contributed by atoms with Gasteiger partial charge >= 0.3 is 5.97 Å². The van der Waals surface area contributed by atoms with Gasteiger partial charge in [-0.3, -0.25) is 4.79 Å². The largest absolute Gasteiger partial charge is 0.478 e. The molecule has 1 saturated heterocycles. The molecule has 0 aromatic heterocycles. The number of hydrogen-bond donors (Lipinski definition) is 2. The van der Waals surface area contributed by atoms with Crippen molar-refractivity contribution in [2.75, 3.05) is 11.1 Å². The average Bonchev–Trinajstić information content (AvgIpc) is 2.41. The summed E-state index contributed by atoms with van der Waals surface area (Å²) in [7, 11) is 0. The predicted molar refractivity (Wildman–Crippen MR) is 72.1 cm³/mol. The van der Waals surface area contributed by atoms with E-state index in [1.165, 1.54) is 23.9 Å². The number of benzene rings is 1. The highest BCUT2D eigenvalue weighted by molar-refractivity contribution is 8.00. The minimum Gasteiger partial charge on any atom is -0.478 e. The molecule has 19 heavy (non-hydrogen) atoms. The fourth-order valence-electron chi connectivity index (χ4n) is 1.98. The molecule has 1 aromatic carbocycles. The summed E-state index contributed by atoms with van der Waals surface area (Å²) in [5.41, 5.74) is -0.472. The van der Waals surface area contributed by atoms with Gasteiger partial charge in [-0.2, -0.15) is 0 Å². The van der Waals surface area contributed by atoms with Gasteiger partial charge in [0.2, 0.25) is 5.91 Å². The number of hydrogen-bond acceptors (Lipinski definition) is 3. The van der Waals surface area contributed by atoms with Gasteiger partial charge < -0.3 is 10.4 Å². The molecule has 1 unspecified atom stereocenters. The Morgan fingerprint density at radius 3 is 2.79 bits per heavy atom. The molecule has 0 bridgehead atoms. The Hall–Kier alpha value is -1.56. The lowest BCUT2D eigenvalue weighted by Crippen LogP contribution is -2.28. The predicted octanol–water partition coefficient (Wildman–Crippen LogP) is 2.75. The van der Waals surface area contributed by atoms with E-state index >= 15 is 0 Å². The third-order valence-electron chi connectivity index (χ3n) is 2.96. The Balaban J connectivity index is 2.18. The number of thioether (sulfide) groups is 1. The van der Waals surface area contributed by atoms with Crippen molar-refractivity contribution in [1.82, 2.24) is 0 Å². The van der Waals surface area contributed by atoms with Crippen molar-refractivity contribution in [3.8, 4) is 0 Å². The van der Waals surface area contributed by atoms with Crippen molar-refractivity contribution >= 4 is 29.3 Å². The SMILES string of the molecule is O=C(O)c1cccc(F)c1NC(=O)C1CCCCS1. The first-order valence-corrected chi connectivity index (χ1v) is 7.08. The topological polar surface area (TPSA) is 66.4 Å². The lowest BCUT2D eigenvalue weighted by atomic mass is 10.1. The van der Waals surface area contributed by atoms with Gasteiger partial charge in [0.15, 0.2) is 0 Å². The molecule has 1 atom stereocenters. The van der Waals surface area contributed by atoms with Crippen LogP contribution < -0.4 is 5.32 Å². The summed E-state index contributed by atoms with van der Waals surface area (Å²) >= 11 is 1.53. The van der Waals surface area contributed by atoms with Crippen LogP contribution in [0.25, 0.3) is 0 Å². The minimum atomic E-state index is -1.26. The zero-order valence-corrected chi connectivity index (χ0v) is 11.0. The summed E-state index contributed by atoms with van der Waals surface area (Å²) in [6.45, 7) is 0. The lowest BCUT2D eigenvalue weighted by molar-refractivity contribution is -0.115. The minimum absolute atomic E-state index is 0.227. The van der Waals surface area contributed by atoms with Crippen molar-refractivity contribution in [2.24, 2.45) is 0 Å². The highest BCUT2D eigenvalue weighted by Gasteiger charge is 2.24. The Kier molecular flexibility index (Phi) is 4.42. The number of carboxylic acids is 1. The molecule has 2 N–H and O–H groups in total. The highest BCUT2D eigenvalue weighted by atomic mass is 32.2. The fraction of sp³-hybridized carbons (Fsp3) is 0.385. The van der Waals surface area contributed by atoms with Crippen molar-refractivity contribution in [2.45, 2.75) is 24.5 Å². The van der Waals surface area contributed by atoms with E-state index in [1.807, 2.05) is 0 Å². The molecule has 1 aliphatic heterocycles. The first-order valence-electron chi connectivity index (χ1n) is 6.04. The van der Waals surface area contributed by atoms with Crippen LogP contribution in [-0.2, 0) is 4.79 Å². The van der Waals surface area contributed by atoms with Gasteiger partial charge in [0.1, 0.15) is 5.82 Å². The Labute approximate surface area is 114 Å². The number of para-hydroxylation sites is 1. The van der Waals surface area contributed by atoms with Crippen molar-refractivity contribution in [1.29, 1.82) is 0 Å². The third kappa shape index (κ3) is 3.26. The number of carbonyl (C=O) groups is 2. The van der Waals surface area contributed by atoms with Crippen LogP contribution in [0.4, 0.5) is 10.1 Å². The summed E-state index contributed by atoms with van der Waals surface area (Å²) < 4.78 is 13.7. The van der Waals surface area contributed by atoms with Crippen LogP contribution in [-0.4, -0.2) is 28.0 Å². The molecule has 0 radical (unpaired) electrons. The molecule has 1 fully saturated rings. The van der Waals surface area contributed by atoms with Gasteiger partial charge in [0.25, 0.3) is 0 Å². The summed E-state index contributed by atoms with van der Waals surface area (Å²) in [5.74, 6) is -1.40. The van der Waals surface area contributed by atoms with Crippen LogP contribution >= 0.6 is 11.8 Å². The highest BCUT2D eigenvalue weighted by Crippen LogP contribution is 2.27. The molecule has 1 amide bonds. The Bertz CT molecular complexity index is 501. The zero-order valence-electron chi connectivity index (χ0n) is 10.2. The lowest BCUT2D eigenvalue weighted by Gasteiger charge is -2.21. The van der Waals surface area contributed by atoms with Crippen LogP contribution in [0.3, 0.4) is 0 Å². The second-order valence-electron chi connectivity index (χ2n) is 4.31. The van der Waals surface area contributed by atoms with Crippen LogP contribution in [0.15, 0.2) is 18.2 Å². The molecule has 6 heteroatoms. The molecule has 1 aromatic rings. The summed E-state index contributed by atoms with van der Waals surface area (Å²) in [6.07, 6.45) is 2.79.